The first-order valence-electron chi connectivity index (χ1n) is 36.3. The summed E-state index contributed by atoms with van der Waals surface area (Å²) in [4.78, 5) is 27.4. The highest BCUT2D eigenvalue weighted by Gasteiger charge is 2.45. The highest BCUT2D eigenvalue weighted by molar-refractivity contribution is 7.25. The van der Waals surface area contributed by atoms with Gasteiger partial charge in [-0.1, -0.05) is 219 Å². The predicted octanol–water partition coefficient (Wildman–Crippen LogP) is 18.8. The summed E-state index contributed by atoms with van der Waals surface area (Å²) in [6.07, 6.45) is 27.9. The van der Waals surface area contributed by atoms with E-state index in [0.29, 0.717) is 36.0 Å². The summed E-state index contributed by atoms with van der Waals surface area (Å²) < 4.78 is 25.7. The van der Waals surface area contributed by atoms with E-state index in [4.69, 9.17) is 4.74 Å². The van der Waals surface area contributed by atoms with Crippen LogP contribution >= 0.6 is 11.3 Å². The van der Waals surface area contributed by atoms with Crippen LogP contribution in [0.15, 0.2) is 184 Å². The average Bonchev–Trinajstić information content (AvgIpc) is 1.59. The molecule has 17 heteroatoms. The predicted molar refractivity (Wildman–Crippen MR) is 402 cm³/mol. The summed E-state index contributed by atoms with van der Waals surface area (Å²) in [7, 11) is 2.19. The second-order valence-corrected chi connectivity index (χ2v) is 21.2. The van der Waals surface area contributed by atoms with Gasteiger partial charge in [0.1, 0.15) is 42.3 Å². The van der Waals surface area contributed by atoms with Gasteiger partial charge in [0, 0.05) is 73.2 Å². The Balaban J connectivity index is 0.000000250. The average molecular weight is 1320 g/mol. The Labute approximate surface area is 580 Å². The number of para-hydroxylation sites is 2. The van der Waals surface area contributed by atoms with Crippen LogP contribution < -0.4 is 28.4 Å². The third kappa shape index (κ3) is 15.3. The molecule has 12 heterocycles. The topological polar surface area (TPSA) is 125 Å². The highest BCUT2D eigenvalue weighted by atomic mass is 32.1. The number of benzene rings is 4. The fourth-order valence-corrected chi connectivity index (χ4v) is 13.7. The summed E-state index contributed by atoms with van der Waals surface area (Å²) >= 11 is 1.86. The molecule has 16 nitrogen and oxygen atoms in total. The molecule has 8 atom stereocenters. The number of nitrogens with zero attached hydrogens (tertiary/aromatic N) is 15. The fraction of sp³-hybridized carbons (Fsp3) is 0.443. The van der Waals surface area contributed by atoms with E-state index in [0.717, 1.165) is 17.1 Å². The van der Waals surface area contributed by atoms with E-state index in [9.17, 15) is 0 Å². The first-order valence-corrected chi connectivity index (χ1v) is 37.1. The van der Waals surface area contributed by atoms with Gasteiger partial charge in [0.15, 0.2) is 5.82 Å². The van der Waals surface area contributed by atoms with E-state index in [1.165, 1.54) is 70.8 Å². The Morgan fingerprint density at radius 3 is 1.47 bits per heavy atom. The third-order valence-corrected chi connectivity index (χ3v) is 17.5. The molecule has 10 aromatic rings. The van der Waals surface area contributed by atoms with Gasteiger partial charge in [-0.15, -0.1) is 48.8 Å². The molecule has 2 aliphatic carbocycles. The lowest BCUT2D eigenvalue weighted by atomic mass is 9.85. The van der Waals surface area contributed by atoms with Crippen molar-refractivity contribution in [3.05, 3.63) is 206 Å². The molecule has 0 amide bonds. The molecular formula is C79H117N15OS+4. The lowest BCUT2D eigenvalue weighted by molar-refractivity contribution is -0.772. The van der Waals surface area contributed by atoms with Gasteiger partial charge in [-0.25, -0.2) is 9.97 Å². The lowest BCUT2D eigenvalue weighted by Gasteiger charge is -2.26. The van der Waals surface area contributed by atoms with Crippen LogP contribution in [0.2, 0.25) is 0 Å². The van der Waals surface area contributed by atoms with E-state index < -0.39 is 0 Å². The van der Waals surface area contributed by atoms with Gasteiger partial charge in [0.2, 0.25) is 25.3 Å². The summed E-state index contributed by atoms with van der Waals surface area (Å²) in [6.45, 7) is 52.8. The van der Waals surface area contributed by atoms with Crippen LogP contribution in [0, 0.1) is 0 Å². The standard InChI is InChI=1S/C17H17N4.C16H14N3O.C16H12N3S.C8H8N5.11C2H6/c1-11-13-7-14-12-5-3-4-6-15(12)19(2)16(14)8-17(13)21-10-18-9-20(11)21;2*1-10-12-6-13-11-4-2-3-5-15(11)20-16(13)7-14(12)19-9-17-8-18(10)19;1-6-7-2-9-3-11-8(7)13-5-10-4-12(6)13;11*1-2/h3-11,14,16H,1-2H3;2-10,13,16H,1H3;2-10H,1H3;2-6H,1H3;11*1-2H3/q4*+1;;;;;;;;;;;. The molecule has 4 aromatic carbocycles. The van der Waals surface area contributed by atoms with Crippen molar-refractivity contribution in [1.29, 1.82) is 0 Å². The number of hydrogen-bond acceptors (Lipinski definition) is 9. The van der Waals surface area contributed by atoms with Crippen molar-refractivity contribution in [3.8, 4) is 17.3 Å². The van der Waals surface area contributed by atoms with Crippen LogP contribution in [0.1, 0.15) is 238 Å². The first kappa shape index (κ1) is 79.7. The number of hydrogen-bond donors (Lipinski definition) is 0. The molecule has 0 saturated heterocycles. The molecule has 8 unspecified atom stereocenters. The molecule has 0 fully saturated rings. The van der Waals surface area contributed by atoms with Crippen molar-refractivity contribution in [2.45, 2.75) is 228 Å². The van der Waals surface area contributed by atoms with E-state index >= 15 is 0 Å². The Bertz CT molecular complexity index is 4080. The quantitative estimate of drug-likeness (QED) is 0.137. The van der Waals surface area contributed by atoms with E-state index in [-0.39, 0.29) is 12.1 Å². The molecule has 0 bridgehead atoms. The van der Waals surface area contributed by atoms with Crippen LogP contribution in [0.25, 0.3) is 43.1 Å². The maximum atomic E-state index is 6.08. The molecule has 96 heavy (non-hydrogen) atoms. The first-order chi connectivity index (χ1) is 47.3. The van der Waals surface area contributed by atoms with Crippen LogP contribution in [-0.4, -0.2) is 67.8 Å². The molecule has 516 valence electrons. The van der Waals surface area contributed by atoms with Crippen molar-refractivity contribution in [3.63, 3.8) is 0 Å². The number of thiophene rings is 1. The monoisotopic (exact) mass is 1320 g/mol. The number of fused-ring (bicyclic) bond motifs is 21. The Kier molecular flexibility index (Phi) is 32.7. The number of ether oxygens (including phenoxy) is 1. The smallest absolute Gasteiger partial charge is 0.307 e. The number of rotatable bonds is 0. The molecule has 8 aliphatic rings. The second kappa shape index (κ2) is 39.4. The lowest BCUT2D eigenvalue weighted by Crippen LogP contribution is -2.39. The molecule has 0 N–H and O–H groups in total. The number of aromatic nitrogens is 14. The molecule has 0 spiro atoms. The van der Waals surface area contributed by atoms with Gasteiger partial charge in [-0.3, -0.25) is 0 Å². The van der Waals surface area contributed by atoms with Gasteiger partial charge >= 0.3 is 25.3 Å². The van der Waals surface area contributed by atoms with Crippen molar-refractivity contribution in [2.75, 3.05) is 11.9 Å². The van der Waals surface area contributed by atoms with Gasteiger partial charge in [0.05, 0.1) is 28.7 Å². The van der Waals surface area contributed by atoms with E-state index in [1.54, 1.807) is 19.0 Å². The summed E-state index contributed by atoms with van der Waals surface area (Å²) in [5, 5.41) is 2.73. The SMILES string of the molecule is CC.CC.CC.CC.CC.CC.CC.CC.CC.CC.CC.CC1C2=CC3c4ccccc4N(C)C3C=C2n2cnc[n+]21.CC1C2=CC3c4ccccc4OC3C=C2n2cnc[n+]21.CC1c2cc3c(cc2-n2cnc[n+]21)sc1ccccc13.CC1c2cncnc2-n2cnc[n+]21. The maximum absolute atomic E-state index is 6.08. The molecule has 0 radical (unpaired) electrons. The minimum absolute atomic E-state index is 0.104. The summed E-state index contributed by atoms with van der Waals surface area (Å²) in [5.41, 5.74) is 13.2. The van der Waals surface area contributed by atoms with Crippen LogP contribution in [0.4, 0.5) is 5.69 Å². The molecule has 6 aromatic heterocycles. The Morgan fingerprint density at radius 1 is 0.406 bits per heavy atom. The largest absolute Gasteiger partial charge is 0.485 e. The second-order valence-electron chi connectivity index (χ2n) is 20.1. The fourth-order valence-electron chi connectivity index (χ4n) is 12.5. The zero-order chi connectivity index (χ0) is 71.5. The summed E-state index contributed by atoms with van der Waals surface area (Å²) in [6, 6.07) is 32.1. The van der Waals surface area contributed by atoms with Gasteiger partial charge in [0.25, 0.3) is 0 Å². The number of likely N-dealkylation sites (N-methyl/N-ethyl adjacent to an activating group) is 1. The molecule has 18 rings (SSSR count). The van der Waals surface area contributed by atoms with Gasteiger partial charge in [-0.05, 0) is 95.7 Å². The van der Waals surface area contributed by atoms with Gasteiger partial charge < -0.3 is 9.64 Å². The zero-order valence-electron chi connectivity index (χ0n) is 63.3. The molecule has 6 aliphatic heterocycles. The zero-order valence-corrected chi connectivity index (χ0v) is 64.1. The van der Waals surface area contributed by atoms with Gasteiger partial charge in [-0.2, -0.15) is 0 Å². The van der Waals surface area contributed by atoms with E-state index in [2.05, 4.69) is 201 Å². The maximum Gasteiger partial charge on any atom is 0.307 e. The van der Waals surface area contributed by atoms with Crippen molar-refractivity contribution >= 4 is 48.6 Å². The Hall–Kier alpha value is -8.70. The van der Waals surface area contributed by atoms with Crippen molar-refractivity contribution in [1.82, 2.24) is 48.6 Å². The molecule has 0 saturated carbocycles. The minimum Gasteiger partial charge on any atom is -0.485 e. The highest BCUT2D eigenvalue weighted by Crippen LogP contribution is 2.49. The molecular weight excluding hydrogens is 1210 g/mol. The summed E-state index contributed by atoms with van der Waals surface area (Å²) in [5.74, 6) is 2.75. The number of allylic oxidation sites excluding steroid dienone is 4. The minimum atomic E-state index is 0.104. The van der Waals surface area contributed by atoms with Crippen molar-refractivity contribution < 1.29 is 23.5 Å². The third-order valence-electron chi connectivity index (χ3n) is 16.4. The number of anilines is 1. The van der Waals surface area contributed by atoms with Crippen molar-refractivity contribution in [2.24, 2.45) is 0 Å². The van der Waals surface area contributed by atoms with Crippen LogP contribution in [0.3, 0.4) is 0 Å². The van der Waals surface area contributed by atoms with Crippen LogP contribution in [0.5, 0.6) is 5.75 Å². The Morgan fingerprint density at radius 2 is 0.875 bits per heavy atom. The van der Waals surface area contributed by atoms with E-state index in [1.807, 2.05) is 223 Å². The normalized spacial score (nSPS) is 18.9. The van der Waals surface area contributed by atoms with Crippen LogP contribution in [-0.2, 0) is 0 Å².